The summed E-state index contributed by atoms with van der Waals surface area (Å²) >= 11 is 0. The number of H-pyrrole nitrogens is 1. The second-order valence-corrected chi connectivity index (χ2v) is 9.63. The van der Waals surface area contributed by atoms with Crippen molar-refractivity contribution in [2.45, 2.75) is 45.4 Å². The molecule has 1 aliphatic rings. The molecule has 5 aromatic rings. The summed E-state index contributed by atoms with van der Waals surface area (Å²) in [6, 6.07) is 20.7. The number of imidazole rings is 1. The number of pyridine rings is 1. The van der Waals surface area contributed by atoms with E-state index in [1.54, 1.807) is 0 Å². The van der Waals surface area contributed by atoms with Crippen molar-refractivity contribution in [3.8, 4) is 33.8 Å². The van der Waals surface area contributed by atoms with Crippen LogP contribution in [0.15, 0.2) is 73.1 Å². The first-order chi connectivity index (χ1) is 19.3. The first-order valence-electron chi connectivity index (χ1n) is 13.5. The molecule has 1 fully saturated rings. The number of nitrogens with one attached hydrogen (secondary N) is 1. The number of ether oxygens (including phenoxy) is 2. The molecule has 0 aliphatic carbocycles. The fourth-order valence-electron chi connectivity index (χ4n) is 4.97. The van der Waals surface area contributed by atoms with Gasteiger partial charge in [0.2, 0.25) is 6.29 Å². The zero-order valence-electron chi connectivity index (χ0n) is 22.0. The molecule has 0 saturated carbocycles. The van der Waals surface area contributed by atoms with E-state index in [2.05, 4.69) is 62.6 Å². The summed E-state index contributed by atoms with van der Waals surface area (Å²) < 4.78 is 13.9. The minimum atomic E-state index is -0.395. The van der Waals surface area contributed by atoms with E-state index in [0.29, 0.717) is 25.6 Å². The maximum atomic E-state index is 5.85. The van der Waals surface area contributed by atoms with Crippen molar-refractivity contribution in [3.63, 3.8) is 0 Å². The average molecular weight is 522 g/mol. The number of aromatic nitrogens is 7. The molecule has 0 atom stereocenters. The number of nitrogens with zero attached hydrogens (tertiary/aromatic N) is 6. The first-order valence-corrected chi connectivity index (χ1v) is 13.5. The Morgan fingerprint density at radius 3 is 2.54 bits per heavy atom. The van der Waals surface area contributed by atoms with Crippen LogP contribution in [-0.2, 0) is 22.4 Å². The predicted molar refractivity (Wildman–Crippen MR) is 147 cm³/mol. The smallest absolute Gasteiger partial charge is 0.202 e. The van der Waals surface area contributed by atoms with Crippen molar-refractivity contribution in [2.24, 2.45) is 0 Å². The third-order valence-corrected chi connectivity index (χ3v) is 6.90. The Labute approximate surface area is 227 Å². The van der Waals surface area contributed by atoms with E-state index in [4.69, 9.17) is 19.4 Å². The normalized spacial score (nSPS) is 14.1. The van der Waals surface area contributed by atoms with Crippen LogP contribution in [0.1, 0.15) is 49.6 Å². The molecule has 6 rings (SSSR count). The van der Waals surface area contributed by atoms with Gasteiger partial charge in [0.25, 0.3) is 0 Å². The fourth-order valence-corrected chi connectivity index (χ4v) is 4.97. The van der Waals surface area contributed by atoms with Crippen molar-refractivity contribution in [1.29, 1.82) is 0 Å². The van der Waals surface area contributed by atoms with Gasteiger partial charge < -0.3 is 14.0 Å². The van der Waals surface area contributed by atoms with Gasteiger partial charge >= 0.3 is 0 Å². The fraction of sp³-hybridized carbons (Fsp3) is 0.300. The lowest BCUT2D eigenvalue weighted by atomic mass is 9.92. The van der Waals surface area contributed by atoms with E-state index in [-0.39, 0.29) is 0 Å². The predicted octanol–water partition coefficient (Wildman–Crippen LogP) is 5.62. The van der Waals surface area contributed by atoms with E-state index in [9.17, 15) is 0 Å². The van der Waals surface area contributed by atoms with E-state index in [0.717, 1.165) is 70.7 Å². The van der Waals surface area contributed by atoms with Gasteiger partial charge in [-0.1, -0.05) is 55.8 Å². The highest BCUT2D eigenvalue weighted by Crippen LogP contribution is 2.37. The highest BCUT2D eigenvalue weighted by atomic mass is 16.7. The standard InChI is InChI=1S/C30H31N7O2/c1-2-3-12-28-32-27(30-38-16-8-17-39-30)20-37(28)19-21-13-14-23(25(18-21)26-11-6-7-15-31-26)22-9-4-5-10-24(22)29-33-35-36-34-29/h4-7,9-11,13-15,18,20,30H,2-3,8,12,16-17,19H2,1H3,(H,33,34,35,36). The number of aryl methyl sites for hydroxylation is 1. The molecule has 39 heavy (non-hydrogen) atoms. The Bertz CT molecular complexity index is 1510. The number of aromatic amines is 1. The van der Waals surface area contributed by atoms with E-state index in [1.165, 1.54) is 0 Å². The second-order valence-electron chi connectivity index (χ2n) is 9.63. The summed E-state index contributed by atoms with van der Waals surface area (Å²) in [6.07, 6.45) is 7.53. The third kappa shape index (κ3) is 5.50. The largest absolute Gasteiger partial charge is 0.347 e. The van der Waals surface area contributed by atoms with Crippen LogP contribution >= 0.6 is 0 Å². The molecule has 0 bridgehead atoms. The van der Waals surface area contributed by atoms with Gasteiger partial charge in [0.1, 0.15) is 11.5 Å². The highest BCUT2D eigenvalue weighted by molar-refractivity contribution is 5.89. The van der Waals surface area contributed by atoms with Crippen molar-refractivity contribution < 1.29 is 9.47 Å². The highest BCUT2D eigenvalue weighted by Gasteiger charge is 2.22. The molecule has 1 saturated heterocycles. The van der Waals surface area contributed by atoms with Crippen LogP contribution in [0.25, 0.3) is 33.8 Å². The van der Waals surface area contributed by atoms with Crippen LogP contribution in [0.3, 0.4) is 0 Å². The summed E-state index contributed by atoms with van der Waals surface area (Å²) in [5, 5.41) is 14.6. The number of rotatable bonds is 9. The molecule has 3 aromatic heterocycles. The molecule has 0 spiro atoms. The number of hydrogen-bond acceptors (Lipinski definition) is 7. The lowest BCUT2D eigenvalue weighted by Crippen LogP contribution is -2.18. The topological polar surface area (TPSA) is 104 Å². The van der Waals surface area contributed by atoms with Crippen LogP contribution in [0.2, 0.25) is 0 Å². The monoisotopic (exact) mass is 521 g/mol. The maximum absolute atomic E-state index is 5.85. The molecular formula is C30H31N7O2. The van der Waals surface area contributed by atoms with Gasteiger partial charge in [0, 0.05) is 36.5 Å². The molecule has 9 heteroatoms. The minimum absolute atomic E-state index is 0.395. The Hall–Kier alpha value is -4.21. The van der Waals surface area contributed by atoms with Crippen LogP contribution in [0.4, 0.5) is 0 Å². The molecule has 2 aromatic carbocycles. The molecule has 1 N–H and O–H groups in total. The number of hydrogen-bond donors (Lipinski definition) is 1. The molecule has 9 nitrogen and oxygen atoms in total. The van der Waals surface area contributed by atoms with Gasteiger partial charge in [-0.05, 0) is 58.2 Å². The molecule has 0 radical (unpaired) electrons. The van der Waals surface area contributed by atoms with Crippen molar-refractivity contribution in [3.05, 3.63) is 90.1 Å². The van der Waals surface area contributed by atoms with Crippen molar-refractivity contribution >= 4 is 0 Å². The third-order valence-electron chi connectivity index (χ3n) is 6.90. The minimum Gasteiger partial charge on any atom is -0.347 e. The van der Waals surface area contributed by atoms with Gasteiger partial charge in [-0.15, -0.1) is 5.10 Å². The Morgan fingerprint density at radius 1 is 0.949 bits per heavy atom. The number of benzene rings is 2. The van der Waals surface area contributed by atoms with Gasteiger partial charge in [-0.25, -0.2) is 10.1 Å². The quantitative estimate of drug-likeness (QED) is 0.269. The lowest BCUT2D eigenvalue weighted by molar-refractivity contribution is -0.184. The van der Waals surface area contributed by atoms with E-state index < -0.39 is 6.29 Å². The lowest BCUT2D eigenvalue weighted by Gasteiger charge is -2.21. The van der Waals surface area contributed by atoms with Gasteiger partial charge in [0.05, 0.1) is 18.9 Å². The maximum Gasteiger partial charge on any atom is 0.202 e. The Kier molecular flexibility index (Phi) is 7.51. The number of unbranched alkanes of at least 4 members (excludes halogenated alkanes) is 1. The first kappa shape index (κ1) is 25.1. The molecule has 4 heterocycles. The molecule has 198 valence electrons. The van der Waals surface area contributed by atoms with Crippen LogP contribution in [0, 0.1) is 0 Å². The van der Waals surface area contributed by atoms with Crippen LogP contribution in [0.5, 0.6) is 0 Å². The Balaban J connectivity index is 1.40. The van der Waals surface area contributed by atoms with Crippen LogP contribution in [-0.4, -0.2) is 48.4 Å². The summed E-state index contributed by atoms with van der Waals surface area (Å²) in [6.45, 7) is 4.28. The van der Waals surface area contributed by atoms with E-state index in [1.807, 2.05) is 42.6 Å². The summed E-state index contributed by atoms with van der Waals surface area (Å²) in [7, 11) is 0. The van der Waals surface area contributed by atoms with E-state index >= 15 is 0 Å². The zero-order chi connectivity index (χ0) is 26.4. The van der Waals surface area contributed by atoms with Crippen molar-refractivity contribution in [1.82, 2.24) is 35.2 Å². The zero-order valence-corrected chi connectivity index (χ0v) is 22.0. The average Bonchev–Trinajstić information content (AvgIpc) is 3.68. The van der Waals surface area contributed by atoms with Crippen molar-refractivity contribution in [2.75, 3.05) is 13.2 Å². The SMILES string of the molecule is CCCCc1nc(C2OCCCO2)cn1Cc1ccc(-c2ccccc2-c2nnn[nH]2)c(-c2ccccn2)c1. The van der Waals surface area contributed by atoms with Gasteiger partial charge in [-0.2, -0.15) is 0 Å². The van der Waals surface area contributed by atoms with Gasteiger partial charge in [0.15, 0.2) is 5.82 Å². The summed E-state index contributed by atoms with van der Waals surface area (Å²) in [5.41, 5.74) is 6.97. The molecule has 1 aliphatic heterocycles. The van der Waals surface area contributed by atoms with Gasteiger partial charge in [-0.3, -0.25) is 4.98 Å². The molecule has 0 unspecified atom stereocenters. The molecule has 0 amide bonds. The second kappa shape index (κ2) is 11.7. The number of tetrazole rings is 1. The van der Waals surface area contributed by atoms with Crippen LogP contribution < -0.4 is 0 Å². The Morgan fingerprint density at radius 2 is 1.77 bits per heavy atom. The summed E-state index contributed by atoms with van der Waals surface area (Å²) in [4.78, 5) is 9.63. The summed E-state index contributed by atoms with van der Waals surface area (Å²) in [5.74, 6) is 1.68. The molecular weight excluding hydrogens is 490 g/mol.